The molecule has 0 radical (unpaired) electrons. The highest BCUT2D eigenvalue weighted by molar-refractivity contribution is 5.34. The lowest BCUT2D eigenvalue weighted by atomic mass is 10.1. The van der Waals surface area contributed by atoms with Gasteiger partial charge in [0.1, 0.15) is 36.9 Å². The van der Waals surface area contributed by atoms with Crippen LogP contribution in [0.25, 0.3) is 0 Å². The quantitative estimate of drug-likeness (QED) is 0.0743. The topological polar surface area (TPSA) is 156 Å². The Morgan fingerprint density at radius 1 is 0.653 bits per heavy atom. The van der Waals surface area contributed by atoms with E-state index in [1.165, 1.54) is 0 Å². The molecule has 13 nitrogen and oxygen atoms in total. The largest absolute Gasteiger partial charge is 0.491 e. The van der Waals surface area contributed by atoms with Gasteiger partial charge < -0.3 is 35.6 Å². The second kappa shape index (κ2) is 20.6. The molecule has 0 amide bonds. The molecule has 268 valence electrons. The lowest BCUT2D eigenvalue weighted by Crippen LogP contribution is -2.35. The highest BCUT2D eigenvalue weighted by Gasteiger charge is 2.11. The van der Waals surface area contributed by atoms with E-state index in [1.807, 2.05) is 58.2 Å². The number of para-hydroxylation sites is 2. The van der Waals surface area contributed by atoms with Crippen molar-refractivity contribution in [1.29, 1.82) is 0 Å². The van der Waals surface area contributed by atoms with E-state index in [0.717, 1.165) is 72.8 Å². The highest BCUT2D eigenvalue weighted by atomic mass is 16.5. The Kier molecular flexibility index (Phi) is 15.9. The van der Waals surface area contributed by atoms with Crippen LogP contribution in [0.4, 0.5) is 0 Å². The number of aromatic nitrogens is 6. The van der Waals surface area contributed by atoms with Crippen molar-refractivity contribution >= 4 is 0 Å². The van der Waals surface area contributed by atoms with Crippen LogP contribution in [0.1, 0.15) is 63.1 Å². The first kappa shape index (κ1) is 37.9. The van der Waals surface area contributed by atoms with E-state index < -0.39 is 12.2 Å². The van der Waals surface area contributed by atoms with E-state index in [-0.39, 0.29) is 13.2 Å². The first-order valence-corrected chi connectivity index (χ1v) is 17.5. The molecule has 0 aliphatic carbocycles. The van der Waals surface area contributed by atoms with Gasteiger partial charge >= 0.3 is 0 Å². The molecule has 4 aromatic rings. The molecule has 2 aromatic heterocycles. The number of aryl methyl sites for hydroxylation is 4. The van der Waals surface area contributed by atoms with E-state index >= 15 is 0 Å². The fraction of sp³-hybridized carbons (Fsp3) is 0.556. The molecule has 0 aliphatic rings. The molecule has 4 rings (SSSR count). The molecular weight excluding hydrogens is 622 g/mol. The smallest absolute Gasteiger partial charge is 0.122 e. The summed E-state index contributed by atoms with van der Waals surface area (Å²) in [4.78, 5) is 0. The Morgan fingerprint density at radius 2 is 1.08 bits per heavy atom. The molecule has 2 atom stereocenters. The minimum absolute atomic E-state index is 0.252. The van der Waals surface area contributed by atoms with Crippen LogP contribution < -0.4 is 25.4 Å². The van der Waals surface area contributed by atoms with Crippen molar-refractivity contribution in [2.24, 2.45) is 0 Å². The number of nitrogens with one attached hydrogen (secondary N) is 3. The monoisotopic (exact) mass is 677 g/mol. The van der Waals surface area contributed by atoms with Gasteiger partial charge in [-0.25, -0.2) is 0 Å². The molecule has 13 heteroatoms. The van der Waals surface area contributed by atoms with E-state index in [2.05, 4.69) is 76.4 Å². The molecule has 0 saturated heterocycles. The van der Waals surface area contributed by atoms with Crippen LogP contribution in [-0.4, -0.2) is 90.8 Å². The van der Waals surface area contributed by atoms with Crippen molar-refractivity contribution in [3.8, 4) is 11.5 Å². The van der Waals surface area contributed by atoms with Crippen molar-refractivity contribution in [1.82, 2.24) is 45.9 Å². The number of hydrogen-bond donors (Lipinski definition) is 5. The minimum Gasteiger partial charge on any atom is -0.491 e. The summed E-state index contributed by atoms with van der Waals surface area (Å²) in [6.45, 7) is 12.4. The number of hydrogen-bond acceptors (Lipinski definition) is 11. The second-order valence-corrected chi connectivity index (χ2v) is 13.0. The Labute approximate surface area is 290 Å². The molecular formula is C36H55N9O4. The zero-order valence-corrected chi connectivity index (χ0v) is 29.5. The fourth-order valence-electron chi connectivity index (χ4n) is 5.17. The van der Waals surface area contributed by atoms with Gasteiger partial charge in [-0.3, -0.25) is 9.36 Å². The molecule has 0 aliphatic heterocycles. The Balaban J connectivity index is 1.12. The normalized spacial score (nSPS) is 12.9. The van der Waals surface area contributed by atoms with Gasteiger partial charge in [-0.1, -0.05) is 74.5 Å². The maximum absolute atomic E-state index is 10.2. The predicted octanol–water partition coefficient (Wildman–Crippen LogP) is 2.90. The van der Waals surface area contributed by atoms with Crippen molar-refractivity contribution < 1.29 is 19.7 Å². The number of ether oxygens (including phenoxy) is 2. The molecule has 2 heterocycles. The summed E-state index contributed by atoms with van der Waals surface area (Å²) in [5.74, 6) is 1.62. The van der Waals surface area contributed by atoms with Gasteiger partial charge in [0.25, 0.3) is 0 Å². The maximum Gasteiger partial charge on any atom is 0.122 e. The van der Waals surface area contributed by atoms with Crippen molar-refractivity contribution in [3.05, 3.63) is 83.4 Å². The summed E-state index contributed by atoms with van der Waals surface area (Å²) in [7, 11) is 0. The lowest BCUT2D eigenvalue weighted by Gasteiger charge is -2.16. The van der Waals surface area contributed by atoms with Gasteiger partial charge in [0.05, 0.1) is 11.4 Å². The van der Waals surface area contributed by atoms with Gasteiger partial charge in [-0.15, -0.1) is 10.2 Å². The fourth-order valence-corrected chi connectivity index (χ4v) is 5.17. The molecule has 2 aromatic carbocycles. The second-order valence-electron chi connectivity index (χ2n) is 13.0. The molecule has 0 fully saturated rings. The van der Waals surface area contributed by atoms with Crippen molar-refractivity contribution in [3.63, 3.8) is 0 Å². The van der Waals surface area contributed by atoms with Gasteiger partial charge in [0.15, 0.2) is 0 Å². The van der Waals surface area contributed by atoms with Crippen molar-refractivity contribution in [2.75, 3.05) is 26.3 Å². The van der Waals surface area contributed by atoms with Crippen LogP contribution in [0.15, 0.2) is 60.9 Å². The zero-order chi connectivity index (χ0) is 34.8. The lowest BCUT2D eigenvalue weighted by molar-refractivity contribution is 0.104. The Hall–Kier alpha value is -3.88. The summed E-state index contributed by atoms with van der Waals surface area (Å²) in [6.07, 6.45) is 6.25. The van der Waals surface area contributed by atoms with E-state index in [0.29, 0.717) is 38.3 Å². The first-order valence-electron chi connectivity index (χ1n) is 17.5. The summed E-state index contributed by atoms with van der Waals surface area (Å²) in [6, 6.07) is 16.6. The van der Waals surface area contributed by atoms with Crippen LogP contribution in [-0.2, 0) is 39.0 Å². The maximum atomic E-state index is 10.2. The summed E-state index contributed by atoms with van der Waals surface area (Å²) < 4.78 is 15.6. The Bertz CT molecular complexity index is 1380. The third kappa shape index (κ3) is 14.2. The van der Waals surface area contributed by atoms with Crippen LogP contribution in [0.2, 0.25) is 0 Å². The average Bonchev–Trinajstić information content (AvgIpc) is 3.75. The number of aliphatic hydroxyl groups excluding tert-OH is 2. The van der Waals surface area contributed by atoms with Crippen LogP contribution in [0.5, 0.6) is 11.5 Å². The molecule has 49 heavy (non-hydrogen) atoms. The number of benzene rings is 2. The van der Waals surface area contributed by atoms with Gasteiger partial charge in [0.2, 0.25) is 0 Å². The van der Waals surface area contributed by atoms with Crippen LogP contribution >= 0.6 is 0 Å². The highest BCUT2D eigenvalue weighted by Crippen LogP contribution is 2.21. The third-order valence-corrected chi connectivity index (χ3v) is 7.78. The van der Waals surface area contributed by atoms with Crippen LogP contribution in [0.3, 0.4) is 0 Å². The number of aliphatic hydroxyl groups is 2. The van der Waals surface area contributed by atoms with E-state index in [1.54, 1.807) is 0 Å². The third-order valence-electron chi connectivity index (χ3n) is 7.78. The number of rotatable bonds is 24. The average molecular weight is 678 g/mol. The Morgan fingerprint density at radius 3 is 1.51 bits per heavy atom. The standard InChI is InChI=1S/C36H55N9O4/c1-27(2)38-21-33(46)25-48-35-15-7-5-11-29(35)13-9-17-44-23-31(40-42-44)19-37-20-32-24-45(43-41-32)18-10-14-30-12-6-8-16-36(30)49-26-34(47)22-39-28(3)4/h5-8,11-12,15-16,23-24,27-28,33-34,37-39,46-47H,9-10,13-14,17-22,25-26H2,1-4H3/t33-,34-/m0/s1. The summed E-state index contributed by atoms with van der Waals surface area (Å²) >= 11 is 0. The van der Waals surface area contributed by atoms with Gasteiger partial charge in [0, 0.05) is 63.7 Å². The minimum atomic E-state index is -0.561. The summed E-state index contributed by atoms with van der Waals surface area (Å²) in [5.41, 5.74) is 3.96. The molecule has 0 saturated carbocycles. The molecule has 0 spiro atoms. The molecule has 0 unspecified atom stereocenters. The van der Waals surface area contributed by atoms with Crippen molar-refractivity contribution in [2.45, 2.75) is 104 Å². The zero-order valence-electron chi connectivity index (χ0n) is 29.5. The first-order chi connectivity index (χ1) is 23.7. The molecule has 5 N–H and O–H groups in total. The number of nitrogens with zero attached hydrogens (tertiary/aromatic N) is 6. The SMILES string of the molecule is CC(C)NC[C@H](O)COc1ccccc1CCCn1cc(CNCc2cn(CCCc3ccccc3OC[C@@H](O)CNC(C)C)nn2)nn1. The van der Waals surface area contributed by atoms with Crippen LogP contribution in [0, 0.1) is 0 Å². The molecule has 0 bridgehead atoms. The van der Waals surface area contributed by atoms with E-state index in [4.69, 9.17) is 9.47 Å². The summed E-state index contributed by atoms with van der Waals surface area (Å²) in [5, 5.41) is 47.4. The van der Waals surface area contributed by atoms with Gasteiger partial charge in [-0.05, 0) is 48.9 Å². The van der Waals surface area contributed by atoms with Gasteiger partial charge in [-0.2, -0.15) is 0 Å². The van der Waals surface area contributed by atoms with E-state index in [9.17, 15) is 10.2 Å². The predicted molar refractivity (Wildman–Crippen MR) is 189 cm³/mol.